The largest absolute Gasteiger partial charge is 0.242 e. The lowest BCUT2D eigenvalue weighted by Crippen LogP contribution is -2.58. The van der Waals surface area contributed by atoms with Gasteiger partial charge in [-0.05, 0) is 52.2 Å². The number of hydrogen-bond donors (Lipinski definition) is 0. The zero-order valence-electron chi connectivity index (χ0n) is 15.9. The van der Waals surface area contributed by atoms with Crippen molar-refractivity contribution in [3.63, 3.8) is 0 Å². The first-order valence-electron chi connectivity index (χ1n) is 9.20. The first-order valence-corrected chi connectivity index (χ1v) is 9.20. The van der Waals surface area contributed by atoms with Crippen LogP contribution in [0.25, 0.3) is 0 Å². The van der Waals surface area contributed by atoms with Gasteiger partial charge in [0, 0.05) is 0 Å². The average Bonchev–Trinajstić information content (AvgIpc) is 2.53. The van der Waals surface area contributed by atoms with Crippen LogP contribution in [-0.2, 0) is 6.42 Å². The van der Waals surface area contributed by atoms with Gasteiger partial charge in [-0.25, -0.2) is 0 Å². The third-order valence-corrected chi connectivity index (χ3v) is 5.60. The molecule has 25 heavy (non-hydrogen) atoms. The number of aryl methyl sites for hydroxylation is 5. The summed E-state index contributed by atoms with van der Waals surface area (Å²) in [5, 5.41) is 0. The average molecular weight is 324 g/mol. The monoisotopic (exact) mass is 324 g/mol. The van der Waals surface area contributed by atoms with Crippen LogP contribution in [0.2, 0.25) is 0 Å². The molecule has 0 bridgehead atoms. The second-order valence-corrected chi connectivity index (χ2v) is 7.83. The molecular formula is C24H25B. The molecule has 0 amide bonds. The summed E-state index contributed by atoms with van der Waals surface area (Å²) in [6.45, 7) is 11.5. The van der Waals surface area contributed by atoms with E-state index in [4.69, 9.17) is 0 Å². The lowest BCUT2D eigenvalue weighted by atomic mass is 9.32. The van der Waals surface area contributed by atoms with E-state index in [2.05, 4.69) is 83.1 Å². The maximum atomic E-state index is 2.39. The Balaban J connectivity index is 2.03. The number of hydrogen-bond acceptors (Lipinski definition) is 0. The predicted molar refractivity (Wildman–Crippen MR) is 110 cm³/mol. The molecule has 1 heteroatoms. The lowest BCUT2D eigenvalue weighted by molar-refractivity contribution is 1.16. The van der Waals surface area contributed by atoms with E-state index in [9.17, 15) is 0 Å². The molecule has 1 aliphatic rings. The molecule has 1 heterocycles. The summed E-state index contributed by atoms with van der Waals surface area (Å²) in [7, 11) is 0. The SMILES string of the molecule is Cc1ccc(B2c3c(C)cc(C)cc3Cc3cc(C)cc(C)c32)cc1. The van der Waals surface area contributed by atoms with Crippen molar-refractivity contribution in [3.8, 4) is 0 Å². The fraction of sp³-hybridized carbons (Fsp3) is 0.250. The standard InChI is InChI=1S/C24H25B/c1-15-6-8-22(9-7-15)25-23-18(4)10-16(2)12-20(23)14-21-13-17(3)11-19(5)24(21)25/h6-13H,14H2,1-5H3. The molecule has 0 fully saturated rings. The van der Waals surface area contributed by atoms with Gasteiger partial charge in [-0.2, -0.15) is 0 Å². The molecule has 0 aliphatic carbocycles. The molecule has 0 N–H and O–H groups in total. The molecule has 4 rings (SSSR count). The van der Waals surface area contributed by atoms with Crippen molar-refractivity contribution in [2.75, 3.05) is 0 Å². The first-order chi connectivity index (χ1) is 11.9. The Morgan fingerprint density at radius 3 is 1.56 bits per heavy atom. The molecule has 3 aromatic rings. The molecule has 1 aliphatic heterocycles. The third-order valence-electron chi connectivity index (χ3n) is 5.60. The molecule has 0 aromatic heterocycles. The van der Waals surface area contributed by atoms with E-state index in [-0.39, 0.29) is 0 Å². The summed E-state index contributed by atoms with van der Waals surface area (Å²) < 4.78 is 0. The Labute approximate surface area is 152 Å². The fourth-order valence-corrected chi connectivity index (χ4v) is 4.69. The van der Waals surface area contributed by atoms with Crippen molar-refractivity contribution in [3.05, 3.63) is 87.5 Å². The lowest BCUT2D eigenvalue weighted by Gasteiger charge is -2.31. The van der Waals surface area contributed by atoms with Gasteiger partial charge in [-0.1, -0.05) is 92.7 Å². The Morgan fingerprint density at radius 2 is 1.08 bits per heavy atom. The van der Waals surface area contributed by atoms with E-state index in [0.717, 1.165) is 6.42 Å². The van der Waals surface area contributed by atoms with Crippen LogP contribution >= 0.6 is 0 Å². The van der Waals surface area contributed by atoms with Crippen molar-refractivity contribution >= 4 is 23.1 Å². The Bertz CT molecular complexity index is 907. The Kier molecular flexibility index (Phi) is 3.83. The van der Waals surface area contributed by atoms with Crippen molar-refractivity contribution in [1.29, 1.82) is 0 Å². The highest BCUT2D eigenvalue weighted by Gasteiger charge is 2.33. The van der Waals surface area contributed by atoms with Gasteiger partial charge in [0.15, 0.2) is 0 Å². The summed E-state index contributed by atoms with van der Waals surface area (Å²) in [4.78, 5) is 0. The zero-order valence-corrected chi connectivity index (χ0v) is 15.9. The summed E-state index contributed by atoms with van der Waals surface area (Å²) in [6.07, 6.45) is 1.05. The normalized spacial score (nSPS) is 12.8. The minimum absolute atomic E-state index is 0.348. The van der Waals surface area contributed by atoms with Crippen LogP contribution in [-0.4, -0.2) is 6.71 Å². The molecule has 124 valence electrons. The molecule has 0 saturated heterocycles. The van der Waals surface area contributed by atoms with Crippen LogP contribution in [0.5, 0.6) is 0 Å². The van der Waals surface area contributed by atoms with E-state index < -0.39 is 0 Å². The predicted octanol–water partition coefficient (Wildman–Crippen LogP) is 3.65. The Hall–Kier alpha value is -2.28. The van der Waals surface area contributed by atoms with Gasteiger partial charge < -0.3 is 0 Å². The molecule has 3 aromatic carbocycles. The summed E-state index contributed by atoms with van der Waals surface area (Å²) in [6, 6.07) is 18.6. The fourth-order valence-electron chi connectivity index (χ4n) is 4.69. The smallest absolute Gasteiger partial charge is 0.0686 e. The second-order valence-electron chi connectivity index (χ2n) is 7.83. The highest BCUT2D eigenvalue weighted by atomic mass is 14.2. The number of fused-ring (bicyclic) bond motifs is 2. The van der Waals surface area contributed by atoms with Crippen LogP contribution in [0.4, 0.5) is 0 Å². The van der Waals surface area contributed by atoms with Gasteiger partial charge in [-0.15, -0.1) is 0 Å². The van der Waals surface area contributed by atoms with Crippen molar-refractivity contribution in [2.45, 2.75) is 41.0 Å². The molecule has 0 atom stereocenters. The van der Waals surface area contributed by atoms with Crippen LogP contribution in [0.3, 0.4) is 0 Å². The van der Waals surface area contributed by atoms with Crippen LogP contribution < -0.4 is 16.4 Å². The van der Waals surface area contributed by atoms with Crippen molar-refractivity contribution in [1.82, 2.24) is 0 Å². The summed E-state index contributed by atoms with van der Waals surface area (Å²) in [5.41, 5.74) is 14.4. The zero-order chi connectivity index (χ0) is 17.7. The van der Waals surface area contributed by atoms with Gasteiger partial charge in [0.25, 0.3) is 0 Å². The minimum atomic E-state index is 0.348. The minimum Gasteiger partial charge on any atom is -0.0686 e. The van der Waals surface area contributed by atoms with Crippen molar-refractivity contribution < 1.29 is 0 Å². The number of rotatable bonds is 1. The van der Waals surface area contributed by atoms with E-state index >= 15 is 0 Å². The van der Waals surface area contributed by atoms with Gasteiger partial charge in [0.1, 0.15) is 0 Å². The summed E-state index contributed by atoms with van der Waals surface area (Å²) in [5.74, 6) is 0. The van der Waals surface area contributed by atoms with Gasteiger partial charge in [-0.3, -0.25) is 0 Å². The molecular weight excluding hydrogens is 299 g/mol. The van der Waals surface area contributed by atoms with E-state index in [0.29, 0.717) is 6.71 Å². The van der Waals surface area contributed by atoms with Gasteiger partial charge in [0.2, 0.25) is 6.71 Å². The highest BCUT2D eigenvalue weighted by molar-refractivity contribution is 6.97. The van der Waals surface area contributed by atoms with Crippen LogP contribution in [0.15, 0.2) is 48.5 Å². The highest BCUT2D eigenvalue weighted by Crippen LogP contribution is 2.21. The van der Waals surface area contributed by atoms with Crippen LogP contribution in [0.1, 0.15) is 38.9 Å². The quantitative estimate of drug-likeness (QED) is 0.469. The third kappa shape index (κ3) is 2.72. The molecule has 0 spiro atoms. The van der Waals surface area contributed by atoms with Crippen LogP contribution in [0, 0.1) is 34.6 Å². The molecule has 0 unspecified atom stereocenters. The maximum Gasteiger partial charge on any atom is 0.242 e. The van der Waals surface area contributed by atoms with E-state index in [1.807, 2.05) is 0 Å². The first kappa shape index (κ1) is 16.2. The molecule has 0 nitrogen and oxygen atoms in total. The summed E-state index contributed by atoms with van der Waals surface area (Å²) >= 11 is 0. The molecule has 0 saturated carbocycles. The van der Waals surface area contributed by atoms with Gasteiger partial charge >= 0.3 is 0 Å². The topological polar surface area (TPSA) is 0 Å². The van der Waals surface area contributed by atoms with E-state index in [1.54, 1.807) is 0 Å². The van der Waals surface area contributed by atoms with E-state index in [1.165, 1.54) is 55.3 Å². The number of benzene rings is 3. The van der Waals surface area contributed by atoms with Gasteiger partial charge in [0.05, 0.1) is 0 Å². The Morgan fingerprint density at radius 1 is 0.600 bits per heavy atom. The second kappa shape index (κ2) is 5.91. The maximum absolute atomic E-state index is 2.39. The molecule has 0 radical (unpaired) electrons. The van der Waals surface area contributed by atoms with Crippen molar-refractivity contribution in [2.24, 2.45) is 0 Å².